The van der Waals surface area contributed by atoms with Gasteiger partial charge in [0.15, 0.2) is 5.78 Å². The van der Waals surface area contributed by atoms with Gasteiger partial charge < -0.3 is 0 Å². The summed E-state index contributed by atoms with van der Waals surface area (Å²) in [6.07, 6.45) is 0. The average molecular weight is 303 g/mol. The van der Waals surface area contributed by atoms with E-state index in [0.29, 0.717) is 0 Å². The van der Waals surface area contributed by atoms with E-state index in [1.54, 1.807) is 0 Å². The van der Waals surface area contributed by atoms with Gasteiger partial charge in [0.25, 0.3) is 0 Å². The van der Waals surface area contributed by atoms with E-state index in [1.807, 2.05) is 57.2 Å². The van der Waals surface area contributed by atoms with Crippen molar-refractivity contribution in [3.63, 3.8) is 0 Å². The zero-order chi connectivity index (χ0) is 13.3. The molecule has 0 unspecified atom stereocenters. The zero-order valence-corrected chi connectivity index (χ0v) is 12.3. The molecule has 0 aliphatic carbocycles. The van der Waals surface area contributed by atoms with E-state index < -0.39 is 0 Å². The Morgan fingerprint density at radius 3 is 2.33 bits per heavy atom. The molecule has 0 saturated carbocycles. The number of ketones is 1. The first kappa shape index (κ1) is 13.0. The van der Waals surface area contributed by atoms with E-state index in [2.05, 4.69) is 15.9 Å². The standard InChI is InChI=1S/C16H15BrO/c1-10-7-8-13(12(3)9-10)16(18)14-6-4-5-11(2)15(14)17/h4-9H,1-3H3. The maximum absolute atomic E-state index is 12.5. The van der Waals surface area contributed by atoms with Crippen LogP contribution in [-0.4, -0.2) is 5.78 Å². The lowest BCUT2D eigenvalue weighted by Gasteiger charge is -2.09. The van der Waals surface area contributed by atoms with Crippen molar-refractivity contribution in [2.45, 2.75) is 20.8 Å². The van der Waals surface area contributed by atoms with Gasteiger partial charge in [0, 0.05) is 15.6 Å². The molecule has 0 fully saturated rings. The quantitative estimate of drug-likeness (QED) is 0.741. The van der Waals surface area contributed by atoms with E-state index in [4.69, 9.17) is 0 Å². The Bertz CT molecular complexity index is 614. The number of carbonyl (C=O) groups excluding carboxylic acids is 1. The smallest absolute Gasteiger partial charge is 0.194 e. The van der Waals surface area contributed by atoms with Crippen molar-refractivity contribution < 1.29 is 4.79 Å². The van der Waals surface area contributed by atoms with Crippen molar-refractivity contribution in [2.75, 3.05) is 0 Å². The third kappa shape index (κ3) is 2.39. The molecule has 18 heavy (non-hydrogen) atoms. The van der Waals surface area contributed by atoms with Gasteiger partial charge in [0.2, 0.25) is 0 Å². The Morgan fingerprint density at radius 2 is 1.67 bits per heavy atom. The van der Waals surface area contributed by atoms with Crippen LogP contribution < -0.4 is 0 Å². The molecule has 0 N–H and O–H groups in total. The highest BCUT2D eigenvalue weighted by Crippen LogP contribution is 2.25. The Labute approximate surface area is 116 Å². The topological polar surface area (TPSA) is 17.1 Å². The third-order valence-electron chi connectivity index (χ3n) is 3.06. The lowest BCUT2D eigenvalue weighted by molar-refractivity contribution is 0.103. The molecule has 0 radical (unpaired) electrons. The largest absolute Gasteiger partial charge is 0.289 e. The predicted molar refractivity (Wildman–Crippen MR) is 78.2 cm³/mol. The molecular weight excluding hydrogens is 288 g/mol. The minimum atomic E-state index is 0.0723. The molecule has 0 aromatic heterocycles. The molecule has 0 amide bonds. The van der Waals surface area contributed by atoms with Crippen molar-refractivity contribution in [1.82, 2.24) is 0 Å². The van der Waals surface area contributed by atoms with Gasteiger partial charge in [0.05, 0.1) is 0 Å². The summed E-state index contributed by atoms with van der Waals surface area (Å²) in [6.45, 7) is 6.00. The molecule has 1 nitrogen and oxygen atoms in total. The van der Waals surface area contributed by atoms with Gasteiger partial charge in [-0.3, -0.25) is 4.79 Å². The van der Waals surface area contributed by atoms with E-state index in [0.717, 1.165) is 26.7 Å². The van der Waals surface area contributed by atoms with Crippen molar-refractivity contribution in [1.29, 1.82) is 0 Å². The fourth-order valence-electron chi connectivity index (χ4n) is 2.04. The summed E-state index contributed by atoms with van der Waals surface area (Å²) < 4.78 is 0.884. The molecular formula is C16H15BrO. The number of aryl methyl sites for hydroxylation is 3. The van der Waals surface area contributed by atoms with Gasteiger partial charge in [-0.15, -0.1) is 0 Å². The van der Waals surface area contributed by atoms with E-state index in [9.17, 15) is 4.79 Å². The molecule has 0 aliphatic rings. The molecule has 2 aromatic rings. The number of benzene rings is 2. The molecule has 2 rings (SSSR count). The fourth-order valence-corrected chi connectivity index (χ4v) is 2.48. The summed E-state index contributed by atoms with van der Waals surface area (Å²) in [5.41, 5.74) is 4.76. The Balaban J connectivity index is 2.51. The minimum Gasteiger partial charge on any atom is -0.289 e. The molecule has 2 aromatic carbocycles. The van der Waals surface area contributed by atoms with Crippen molar-refractivity contribution in [2.24, 2.45) is 0 Å². The predicted octanol–water partition coefficient (Wildman–Crippen LogP) is 4.61. The highest BCUT2D eigenvalue weighted by atomic mass is 79.9. The molecule has 0 spiro atoms. The van der Waals surface area contributed by atoms with E-state index in [-0.39, 0.29) is 5.78 Å². The number of rotatable bonds is 2. The molecule has 0 atom stereocenters. The molecule has 0 aliphatic heterocycles. The molecule has 92 valence electrons. The maximum atomic E-state index is 12.5. The van der Waals surface area contributed by atoms with Crippen molar-refractivity contribution in [3.05, 3.63) is 68.7 Å². The average Bonchev–Trinajstić information content (AvgIpc) is 2.32. The van der Waals surface area contributed by atoms with Gasteiger partial charge in [-0.25, -0.2) is 0 Å². The van der Waals surface area contributed by atoms with Gasteiger partial charge in [-0.05, 0) is 53.9 Å². The highest BCUT2D eigenvalue weighted by molar-refractivity contribution is 9.10. The van der Waals surface area contributed by atoms with Crippen molar-refractivity contribution in [3.8, 4) is 0 Å². The van der Waals surface area contributed by atoms with E-state index in [1.165, 1.54) is 5.56 Å². The summed E-state index contributed by atoms with van der Waals surface area (Å²) in [5, 5.41) is 0. The van der Waals surface area contributed by atoms with Gasteiger partial charge in [-0.2, -0.15) is 0 Å². The Kier molecular flexibility index (Phi) is 3.67. The molecule has 2 heteroatoms. The van der Waals surface area contributed by atoms with Crippen LogP contribution >= 0.6 is 15.9 Å². The lowest BCUT2D eigenvalue weighted by atomic mass is 9.97. The van der Waals surface area contributed by atoms with Crippen LogP contribution in [0.25, 0.3) is 0 Å². The first-order chi connectivity index (χ1) is 8.50. The van der Waals surface area contributed by atoms with Crippen LogP contribution in [0.2, 0.25) is 0 Å². The first-order valence-corrected chi connectivity index (χ1v) is 6.67. The van der Waals surface area contributed by atoms with Crippen LogP contribution in [0.15, 0.2) is 40.9 Å². The molecule has 0 heterocycles. The zero-order valence-electron chi connectivity index (χ0n) is 10.8. The van der Waals surface area contributed by atoms with Crippen LogP contribution in [0.1, 0.15) is 32.6 Å². The van der Waals surface area contributed by atoms with Crippen molar-refractivity contribution >= 4 is 21.7 Å². The number of hydrogen-bond donors (Lipinski definition) is 0. The van der Waals surface area contributed by atoms with Gasteiger partial charge in [0.1, 0.15) is 0 Å². The normalized spacial score (nSPS) is 10.4. The lowest BCUT2D eigenvalue weighted by Crippen LogP contribution is -2.05. The fraction of sp³-hybridized carbons (Fsp3) is 0.188. The van der Waals surface area contributed by atoms with Gasteiger partial charge in [-0.1, -0.05) is 35.9 Å². The SMILES string of the molecule is Cc1ccc(C(=O)c2cccc(C)c2Br)c(C)c1. The second-order valence-electron chi connectivity index (χ2n) is 4.58. The second-order valence-corrected chi connectivity index (χ2v) is 5.38. The summed E-state index contributed by atoms with van der Waals surface area (Å²) in [7, 11) is 0. The van der Waals surface area contributed by atoms with Gasteiger partial charge >= 0.3 is 0 Å². The number of halogens is 1. The van der Waals surface area contributed by atoms with Crippen LogP contribution in [0.5, 0.6) is 0 Å². The van der Waals surface area contributed by atoms with E-state index >= 15 is 0 Å². The monoisotopic (exact) mass is 302 g/mol. The molecule has 0 saturated heterocycles. The summed E-state index contributed by atoms with van der Waals surface area (Å²) in [5.74, 6) is 0.0723. The number of hydrogen-bond acceptors (Lipinski definition) is 1. The summed E-state index contributed by atoms with van der Waals surface area (Å²) in [6, 6.07) is 11.7. The number of carbonyl (C=O) groups is 1. The van der Waals surface area contributed by atoms with Crippen LogP contribution in [-0.2, 0) is 0 Å². The van der Waals surface area contributed by atoms with Crippen LogP contribution in [0.3, 0.4) is 0 Å². The second kappa shape index (κ2) is 5.07. The Hall–Kier alpha value is -1.41. The summed E-state index contributed by atoms with van der Waals surface area (Å²) in [4.78, 5) is 12.5. The highest BCUT2D eigenvalue weighted by Gasteiger charge is 2.15. The van der Waals surface area contributed by atoms with Crippen LogP contribution in [0, 0.1) is 20.8 Å². The molecule has 0 bridgehead atoms. The summed E-state index contributed by atoms with van der Waals surface area (Å²) >= 11 is 3.50. The first-order valence-electron chi connectivity index (χ1n) is 5.88. The Morgan fingerprint density at radius 1 is 0.944 bits per heavy atom. The third-order valence-corrected chi connectivity index (χ3v) is 4.12. The minimum absolute atomic E-state index is 0.0723. The van der Waals surface area contributed by atoms with Crippen LogP contribution in [0.4, 0.5) is 0 Å². The maximum Gasteiger partial charge on any atom is 0.194 e.